The number of anilines is 1. The molecule has 0 spiro atoms. The van der Waals surface area contributed by atoms with Crippen LogP contribution in [0.1, 0.15) is 11.1 Å². The zero-order valence-corrected chi connectivity index (χ0v) is 13.1. The number of halogens is 2. The number of nitrogen functional groups attached to an aromatic ring is 1. The van der Waals surface area contributed by atoms with Crippen LogP contribution in [0.15, 0.2) is 45.8 Å². The summed E-state index contributed by atoms with van der Waals surface area (Å²) in [5.41, 5.74) is 7.39. The van der Waals surface area contributed by atoms with Crippen LogP contribution in [0, 0.1) is 12.7 Å². The normalized spacial score (nSPS) is 11.6. The van der Waals surface area contributed by atoms with Crippen molar-refractivity contribution in [2.24, 2.45) is 0 Å². The Morgan fingerprint density at radius 3 is 2.50 bits per heavy atom. The van der Waals surface area contributed by atoms with Crippen LogP contribution in [0.4, 0.5) is 10.1 Å². The molecule has 0 aromatic heterocycles. The number of benzene rings is 2. The fourth-order valence-electron chi connectivity index (χ4n) is 1.88. The number of sulfone groups is 1. The van der Waals surface area contributed by atoms with E-state index in [1.54, 1.807) is 12.1 Å². The van der Waals surface area contributed by atoms with Gasteiger partial charge in [-0.05, 0) is 58.2 Å². The van der Waals surface area contributed by atoms with Crippen molar-refractivity contribution >= 4 is 31.5 Å². The third-order valence-electron chi connectivity index (χ3n) is 2.84. The third kappa shape index (κ3) is 3.19. The molecule has 2 N–H and O–H groups in total. The van der Waals surface area contributed by atoms with E-state index >= 15 is 0 Å². The van der Waals surface area contributed by atoms with Gasteiger partial charge in [0.2, 0.25) is 0 Å². The van der Waals surface area contributed by atoms with Crippen molar-refractivity contribution in [2.75, 3.05) is 5.73 Å². The molecule has 0 saturated heterocycles. The van der Waals surface area contributed by atoms with Crippen molar-refractivity contribution in [2.45, 2.75) is 17.6 Å². The first-order valence-electron chi connectivity index (χ1n) is 5.82. The van der Waals surface area contributed by atoms with Gasteiger partial charge in [-0.15, -0.1) is 0 Å². The maximum atomic E-state index is 13.1. The molecule has 6 heteroatoms. The first-order chi connectivity index (χ1) is 9.29. The van der Waals surface area contributed by atoms with Crippen molar-refractivity contribution in [3.63, 3.8) is 0 Å². The summed E-state index contributed by atoms with van der Waals surface area (Å²) < 4.78 is 38.1. The number of nitrogens with two attached hydrogens (primary N) is 1. The Morgan fingerprint density at radius 1 is 1.20 bits per heavy atom. The monoisotopic (exact) mass is 357 g/mol. The predicted molar refractivity (Wildman–Crippen MR) is 80.6 cm³/mol. The lowest BCUT2D eigenvalue weighted by atomic mass is 10.2. The van der Waals surface area contributed by atoms with Gasteiger partial charge in [0.1, 0.15) is 5.82 Å². The molecule has 3 nitrogen and oxygen atoms in total. The SMILES string of the molecule is Cc1ccc(S(=O)(=O)Cc2ccc(F)c(Br)c2)c(N)c1. The van der Waals surface area contributed by atoms with Gasteiger partial charge in [-0.1, -0.05) is 12.1 Å². The smallest absolute Gasteiger partial charge is 0.184 e. The molecule has 0 aliphatic carbocycles. The Balaban J connectivity index is 2.38. The van der Waals surface area contributed by atoms with E-state index < -0.39 is 15.7 Å². The van der Waals surface area contributed by atoms with Crippen molar-refractivity contribution < 1.29 is 12.8 Å². The van der Waals surface area contributed by atoms with E-state index in [9.17, 15) is 12.8 Å². The summed E-state index contributed by atoms with van der Waals surface area (Å²) in [5.74, 6) is -0.653. The Bertz CT molecular complexity index is 760. The third-order valence-corrected chi connectivity index (χ3v) is 5.20. The van der Waals surface area contributed by atoms with Crippen LogP contribution in [0.2, 0.25) is 0 Å². The minimum Gasteiger partial charge on any atom is -0.398 e. The highest BCUT2D eigenvalue weighted by Gasteiger charge is 2.19. The van der Waals surface area contributed by atoms with E-state index in [1.165, 1.54) is 24.3 Å². The maximum absolute atomic E-state index is 13.1. The van der Waals surface area contributed by atoms with Gasteiger partial charge < -0.3 is 5.73 Å². The second-order valence-electron chi connectivity index (χ2n) is 4.55. The Hall–Kier alpha value is -1.40. The zero-order chi connectivity index (χ0) is 14.9. The molecule has 20 heavy (non-hydrogen) atoms. The average Bonchev–Trinajstić information content (AvgIpc) is 2.33. The van der Waals surface area contributed by atoms with Crippen LogP contribution in [-0.4, -0.2) is 8.42 Å². The molecule has 106 valence electrons. The lowest BCUT2D eigenvalue weighted by Gasteiger charge is -2.09. The van der Waals surface area contributed by atoms with Crippen LogP contribution >= 0.6 is 15.9 Å². The summed E-state index contributed by atoms with van der Waals surface area (Å²) in [6.45, 7) is 1.84. The molecule has 0 atom stereocenters. The first-order valence-corrected chi connectivity index (χ1v) is 8.27. The van der Waals surface area contributed by atoms with E-state index in [0.717, 1.165) is 5.56 Å². The molecule has 0 amide bonds. The highest BCUT2D eigenvalue weighted by Crippen LogP contribution is 2.25. The van der Waals surface area contributed by atoms with Gasteiger partial charge in [0.15, 0.2) is 9.84 Å². The molecule has 0 unspecified atom stereocenters. The minimum absolute atomic E-state index is 0.101. The lowest BCUT2D eigenvalue weighted by Crippen LogP contribution is -2.08. The molecule has 0 bridgehead atoms. The van der Waals surface area contributed by atoms with Crippen LogP contribution in [0.25, 0.3) is 0 Å². The molecule has 0 saturated carbocycles. The molecular formula is C14H13BrFNO2S. The van der Waals surface area contributed by atoms with Gasteiger partial charge in [0.05, 0.1) is 20.8 Å². The van der Waals surface area contributed by atoms with Crippen molar-refractivity contribution in [3.8, 4) is 0 Å². The molecule has 0 heterocycles. The van der Waals surface area contributed by atoms with Gasteiger partial charge in [0, 0.05) is 0 Å². The summed E-state index contributed by atoms with van der Waals surface area (Å²) in [7, 11) is -3.56. The number of hydrogen-bond acceptors (Lipinski definition) is 3. The first kappa shape index (κ1) is 15.0. The number of rotatable bonds is 3. The molecule has 0 radical (unpaired) electrons. The summed E-state index contributed by atoms with van der Waals surface area (Å²) in [6.07, 6.45) is 0. The highest BCUT2D eigenvalue weighted by atomic mass is 79.9. The molecule has 0 aliphatic heterocycles. The number of hydrogen-bond donors (Lipinski definition) is 1. The maximum Gasteiger partial charge on any atom is 0.184 e. The van der Waals surface area contributed by atoms with Crippen LogP contribution in [-0.2, 0) is 15.6 Å². The van der Waals surface area contributed by atoms with Crippen molar-refractivity contribution in [3.05, 3.63) is 57.8 Å². The van der Waals surface area contributed by atoms with E-state index in [-0.39, 0.29) is 20.8 Å². The summed E-state index contributed by atoms with van der Waals surface area (Å²) >= 11 is 3.04. The zero-order valence-electron chi connectivity index (χ0n) is 10.7. The second kappa shape index (κ2) is 5.54. The van der Waals surface area contributed by atoms with Crippen LogP contribution < -0.4 is 5.73 Å². The quantitative estimate of drug-likeness (QED) is 0.855. The Morgan fingerprint density at radius 2 is 1.90 bits per heavy atom. The summed E-state index contributed by atoms with van der Waals surface area (Å²) in [4.78, 5) is 0.101. The van der Waals surface area contributed by atoms with Gasteiger partial charge in [-0.3, -0.25) is 0 Å². The molecule has 2 aromatic rings. The highest BCUT2D eigenvalue weighted by molar-refractivity contribution is 9.10. The lowest BCUT2D eigenvalue weighted by molar-refractivity contribution is 0.595. The van der Waals surface area contributed by atoms with E-state index in [0.29, 0.717) is 5.56 Å². The van der Waals surface area contributed by atoms with Crippen LogP contribution in [0.5, 0.6) is 0 Å². The molecule has 0 fully saturated rings. The number of aryl methyl sites for hydroxylation is 1. The van der Waals surface area contributed by atoms with Gasteiger partial charge >= 0.3 is 0 Å². The largest absolute Gasteiger partial charge is 0.398 e. The minimum atomic E-state index is -3.56. The van der Waals surface area contributed by atoms with E-state index in [1.807, 2.05) is 6.92 Å². The van der Waals surface area contributed by atoms with Crippen LogP contribution in [0.3, 0.4) is 0 Å². The molecular weight excluding hydrogens is 345 g/mol. The van der Waals surface area contributed by atoms with Gasteiger partial charge in [-0.25, -0.2) is 12.8 Å². The fourth-order valence-corrected chi connectivity index (χ4v) is 3.77. The molecule has 2 rings (SSSR count). The van der Waals surface area contributed by atoms with Crippen molar-refractivity contribution in [1.82, 2.24) is 0 Å². The summed E-state index contributed by atoms with van der Waals surface area (Å²) in [6, 6.07) is 8.95. The van der Waals surface area contributed by atoms with Gasteiger partial charge in [0.25, 0.3) is 0 Å². The topological polar surface area (TPSA) is 60.2 Å². The average molecular weight is 358 g/mol. The van der Waals surface area contributed by atoms with Crippen molar-refractivity contribution in [1.29, 1.82) is 0 Å². The Labute approximate surface area is 125 Å². The molecule has 2 aromatic carbocycles. The second-order valence-corrected chi connectivity index (χ2v) is 7.36. The van der Waals surface area contributed by atoms with E-state index in [4.69, 9.17) is 5.73 Å². The Kier molecular flexibility index (Phi) is 4.15. The standard InChI is InChI=1S/C14H13BrFNO2S/c1-9-2-5-14(13(17)6-9)20(18,19)8-10-3-4-12(16)11(15)7-10/h2-7H,8,17H2,1H3. The van der Waals surface area contributed by atoms with Gasteiger partial charge in [-0.2, -0.15) is 0 Å². The molecule has 0 aliphatic rings. The summed E-state index contributed by atoms with van der Waals surface area (Å²) in [5, 5.41) is 0. The van der Waals surface area contributed by atoms with E-state index in [2.05, 4.69) is 15.9 Å². The predicted octanol–water partition coefficient (Wildman–Crippen LogP) is 3.45. The fraction of sp³-hybridized carbons (Fsp3) is 0.143.